The van der Waals surface area contributed by atoms with Crippen LogP contribution in [0.4, 0.5) is 17.1 Å². The minimum atomic E-state index is -0.654. The predicted octanol–water partition coefficient (Wildman–Crippen LogP) is 4.37. The molecule has 2 amide bonds. The number of carbonyl (C=O) groups excluding carboxylic acids is 2. The second-order valence-corrected chi connectivity index (χ2v) is 8.61. The van der Waals surface area contributed by atoms with E-state index >= 15 is 0 Å². The number of unbranched alkanes of at least 4 members (excludes halogenated alkanes) is 1. The fourth-order valence-electron chi connectivity index (χ4n) is 3.29. The number of nitrogens with one attached hydrogen (secondary N) is 1. The van der Waals surface area contributed by atoms with E-state index in [1.54, 1.807) is 36.3 Å². The molecule has 1 unspecified atom stereocenters. The molecule has 2 aromatic rings. The molecule has 0 saturated carbocycles. The molecule has 0 radical (unpaired) electrons. The highest BCUT2D eigenvalue weighted by atomic mass is 32.2. The van der Waals surface area contributed by atoms with Gasteiger partial charge in [-0.25, -0.2) is 4.99 Å². The van der Waals surface area contributed by atoms with Crippen LogP contribution in [-0.2, 0) is 9.59 Å². The van der Waals surface area contributed by atoms with Crippen molar-refractivity contribution in [3.8, 4) is 11.5 Å². The number of hydrogen-bond acceptors (Lipinski definition) is 8. The number of nitro benzene ring substituents is 1. The number of amides is 2. The van der Waals surface area contributed by atoms with Crippen molar-refractivity contribution in [1.29, 1.82) is 0 Å². The minimum absolute atomic E-state index is 0.112. The second kappa shape index (κ2) is 11.5. The number of nitro groups is 1. The normalized spacial score (nSPS) is 16.6. The topological polar surface area (TPSA) is 123 Å². The van der Waals surface area contributed by atoms with Gasteiger partial charge in [-0.15, -0.1) is 0 Å². The summed E-state index contributed by atoms with van der Waals surface area (Å²) in [6, 6.07) is 11.1. The summed E-state index contributed by atoms with van der Waals surface area (Å²) in [5.74, 6) is 0.349. The number of amidine groups is 1. The molecule has 1 atom stereocenters. The van der Waals surface area contributed by atoms with Crippen molar-refractivity contribution in [3.05, 3.63) is 52.6 Å². The van der Waals surface area contributed by atoms with Crippen LogP contribution >= 0.6 is 11.8 Å². The number of carbonyl (C=O) groups is 2. The first-order chi connectivity index (χ1) is 16.4. The van der Waals surface area contributed by atoms with Gasteiger partial charge in [0.1, 0.15) is 16.7 Å². The van der Waals surface area contributed by atoms with E-state index in [4.69, 9.17) is 9.47 Å². The van der Waals surface area contributed by atoms with E-state index in [-0.39, 0.29) is 29.5 Å². The summed E-state index contributed by atoms with van der Waals surface area (Å²) in [5.41, 5.74) is 0.665. The van der Waals surface area contributed by atoms with Crippen LogP contribution in [0.3, 0.4) is 0 Å². The van der Waals surface area contributed by atoms with Gasteiger partial charge in [0.2, 0.25) is 11.8 Å². The smallest absolute Gasteiger partial charge is 0.271 e. The van der Waals surface area contributed by atoms with Crippen LogP contribution in [0, 0.1) is 10.1 Å². The Hall–Kier alpha value is -3.60. The van der Waals surface area contributed by atoms with Crippen LogP contribution < -0.4 is 14.8 Å². The maximum atomic E-state index is 13.1. The molecule has 11 heteroatoms. The van der Waals surface area contributed by atoms with E-state index in [9.17, 15) is 19.7 Å². The van der Waals surface area contributed by atoms with Gasteiger partial charge in [-0.2, -0.15) is 0 Å². The second-order valence-electron chi connectivity index (χ2n) is 7.44. The van der Waals surface area contributed by atoms with Gasteiger partial charge < -0.3 is 14.8 Å². The Morgan fingerprint density at radius 2 is 1.94 bits per heavy atom. The van der Waals surface area contributed by atoms with E-state index in [1.165, 1.54) is 37.1 Å². The number of nitrogens with zero attached hydrogens (tertiary/aromatic N) is 3. The number of anilines is 1. The lowest BCUT2D eigenvalue weighted by Crippen LogP contribution is -2.34. The number of thioether (sulfide) groups is 1. The zero-order valence-corrected chi connectivity index (χ0v) is 20.0. The van der Waals surface area contributed by atoms with Crippen molar-refractivity contribution in [3.63, 3.8) is 0 Å². The molecule has 1 aliphatic heterocycles. The molecule has 2 aromatic carbocycles. The number of methoxy groups -OCH3 is 2. The first kappa shape index (κ1) is 25.0. The fraction of sp³-hybridized carbons (Fsp3) is 0.348. The Balaban J connectivity index is 1.77. The van der Waals surface area contributed by atoms with Crippen molar-refractivity contribution >= 4 is 45.8 Å². The number of hydrogen-bond donors (Lipinski definition) is 1. The summed E-state index contributed by atoms with van der Waals surface area (Å²) in [6.07, 6.45) is 1.60. The number of non-ortho nitro benzene ring substituents is 1. The lowest BCUT2D eigenvalue weighted by Gasteiger charge is -2.16. The molecule has 0 aromatic heterocycles. The Morgan fingerprint density at radius 3 is 2.56 bits per heavy atom. The fourth-order valence-corrected chi connectivity index (χ4v) is 4.47. The highest BCUT2D eigenvalue weighted by Crippen LogP contribution is 2.34. The van der Waals surface area contributed by atoms with Crippen molar-refractivity contribution in [2.24, 2.45) is 4.99 Å². The van der Waals surface area contributed by atoms with Crippen LogP contribution in [0.1, 0.15) is 26.2 Å². The zero-order valence-electron chi connectivity index (χ0n) is 19.1. The van der Waals surface area contributed by atoms with Crippen LogP contribution in [0.15, 0.2) is 47.5 Å². The van der Waals surface area contributed by atoms with Gasteiger partial charge in [0.15, 0.2) is 5.17 Å². The average Bonchev–Trinajstić information content (AvgIpc) is 3.11. The van der Waals surface area contributed by atoms with Gasteiger partial charge in [0.05, 0.1) is 30.5 Å². The molecule has 1 aliphatic rings. The highest BCUT2D eigenvalue weighted by molar-refractivity contribution is 8.15. The quantitative estimate of drug-likeness (QED) is 0.391. The molecule has 0 spiro atoms. The summed E-state index contributed by atoms with van der Waals surface area (Å²) < 4.78 is 10.4. The molecule has 0 aliphatic carbocycles. The molecule has 180 valence electrons. The molecule has 0 bridgehead atoms. The SMILES string of the molecule is CCCCN1C(=O)C(CC(=O)Nc2cc([N+](=O)[O-])ccc2OC)SC1=Nc1ccc(OC)cc1. The van der Waals surface area contributed by atoms with E-state index in [2.05, 4.69) is 10.3 Å². The van der Waals surface area contributed by atoms with Crippen LogP contribution in [0.2, 0.25) is 0 Å². The zero-order chi connectivity index (χ0) is 24.7. The van der Waals surface area contributed by atoms with Gasteiger partial charge in [-0.1, -0.05) is 25.1 Å². The monoisotopic (exact) mass is 486 g/mol. The van der Waals surface area contributed by atoms with Gasteiger partial charge in [0, 0.05) is 25.1 Å². The van der Waals surface area contributed by atoms with E-state index in [0.29, 0.717) is 23.1 Å². The molecule has 1 heterocycles. The third kappa shape index (κ3) is 6.04. The maximum Gasteiger partial charge on any atom is 0.271 e. The Bertz CT molecular complexity index is 1090. The van der Waals surface area contributed by atoms with Crippen LogP contribution in [0.25, 0.3) is 0 Å². The minimum Gasteiger partial charge on any atom is -0.497 e. The molecule has 1 N–H and O–H groups in total. The lowest BCUT2D eigenvalue weighted by molar-refractivity contribution is -0.384. The first-order valence-corrected chi connectivity index (χ1v) is 11.6. The molecular weight excluding hydrogens is 460 g/mol. The number of aliphatic imine (C=N–C) groups is 1. The molecular formula is C23H26N4O6S. The highest BCUT2D eigenvalue weighted by Gasteiger charge is 2.39. The molecule has 10 nitrogen and oxygen atoms in total. The maximum absolute atomic E-state index is 13.1. The van der Waals surface area contributed by atoms with E-state index in [0.717, 1.165) is 12.8 Å². The number of ether oxygens (including phenoxy) is 2. The Morgan fingerprint density at radius 1 is 1.21 bits per heavy atom. The van der Waals surface area contributed by atoms with E-state index < -0.39 is 16.1 Å². The Labute approximate surface area is 201 Å². The molecule has 1 fully saturated rings. The number of rotatable bonds is 10. The summed E-state index contributed by atoms with van der Waals surface area (Å²) >= 11 is 1.23. The molecule has 1 saturated heterocycles. The summed E-state index contributed by atoms with van der Waals surface area (Å²) in [7, 11) is 2.98. The summed E-state index contributed by atoms with van der Waals surface area (Å²) in [5, 5.41) is 13.6. The average molecular weight is 487 g/mol. The third-order valence-electron chi connectivity index (χ3n) is 5.09. The van der Waals surface area contributed by atoms with Crippen molar-refractivity contribution in [2.75, 3.05) is 26.1 Å². The van der Waals surface area contributed by atoms with Gasteiger partial charge >= 0.3 is 0 Å². The van der Waals surface area contributed by atoms with Crippen molar-refractivity contribution in [1.82, 2.24) is 4.90 Å². The predicted molar refractivity (Wildman–Crippen MR) is 131 cm³/mol. The van der Waals surface area contributed by atoms with Crippen molar-refractivity contribution in [2.45, 2.75) is 31.4 Å². The van der Waals surface area contributed by atoms with E-state index in [1.807, 2.05) is 6.92 Å². The van der Waals surface area contributed by atoms with Gasteiger partial charge in [0.25, 0.3) is 5.69 Å². The Kier molecular flexibility index (Phi) is 8.47. The summed E-state index contributed by atoms with van der Waals surface area (Å²) in [6.45, 7) is 2.54. The van der Waals surface area contributed by atoms with Crippen LogP contribution in [0.5, 0.6) is 11.5 Å². The van der Waals surface area contributed by atoms with Gasteiger partial charge in [-0.3, -0.25) is 24.6 Å². The largest absolute Gasteiger partial charge is 0.497 e. The van der Waals surface area contributed by atoms with Gasteiger partial charge in [-0.05, 0) is 36.8 Å². The molecule has 34 heavy (non-hydrogen) atoms. The van der Waals surface area contributed by atoms with Crippen molar-refractivity contribution < 1.29 is 24.0 Å². The number of benzene rings is 2. The molecule has 3 rings (SSSR count). The third-order valence-corrected chi connectivity index (χ3v) is 6.27. The summed E-state index contributed by atoms with van der Waals surface area (Å²) in [4.78, 5) is 42.6. The van der Waals surface area contributed by atoms with Crippen LogP contribution in [-0.4, -0.2) is 52.8 Å². The standard InChI is InChI=1S/C23H26N4O6S/c1-4-5-12-26-22(29)20(34-23(26)24-15-6-9-17(32-2)10-7-15)14-21(28)25-18-13-16(27(30)31)8-11-19(18)33-3/h6-11,13,20H,4-5,12,14H2,1-3H3,(H,25,28). The lowest BCUT2D eigenvalue weighted by atomic mass is 10.2. The first-order valence-electron chi connectivity index (χ1n) is 10.7.